The number of fused-ring (bicyclic) bond motifs is 1. The van der Waals surface area contributed by atoms with Gasteiger partial charge in [-0.3, -0.25) is 14.6 Å². The number of likely N-dealkylation sites (N-methyl/N-ethyl adjacent to an activating group) is 1. The Hall–Kier alpha value is -2.95. The van der Waals surface area contributed by atoms with E-state index in [1.54, 1.807) is 43.1 Å². The number of primary amides is 1. The Labute approximate surface area is 134 Å². The molecule has 5 heteroatoms. The van der Waals surface area contributed by atoms with Crippen LogP contribution in [-0.4, -0.2) is 30.6 Å². The molecule has 3 rings (SSSR count). The molecule has 2 aromatic rings. The molecule has 1 aliphatic heterocycles. The molecule has 0 saturated heterocycles. The van der Waals surface area contributed by atoms with Crippen LogP contribution in [0.5, 0.6) is 0 Å². The number of benzene rings is 2. The van der Waals surface area contributed by atoms with Crippen molar-refractivity contribution in [3.63, 3.8) is 0 Å². The van der Waals surface area contributed by atoms with Crippen molar-refractivity contribution in [2.45, 2.75) is 13.0 Å². The van der Waals surface area contributed by atoms with Crippen LogP contribution in [0.3, 0.4) is 0 Å². The van der Waals surface area contributed by atoms with Crippen molar-refractivity contribution in [1.82, 2.24) is 0 Å². The van der Waals surface area contributed by atoms with Gasteiger partial charge in [0, 0.05) is 23.7 Å². The van der Waals surface area contributed by atoms with Crippen LogP contribution in [0, 0.1) is 0 Å². The van der Waals surface area contributed by atoms with E-state index in [1.165, 1.54) is 0 Å². The fourth-order valence-corrected chi connectivity index (χ4v) is 2.71. The number of aliphatic imine (C=N–C) groups is 1. The zero-order chi connectivity index (χ0) is 16.6. The van der Waals surface area contributed by atoms with Crippen molar-refractivity contribution in [3.05, 3.63) is 65.2 Å². The van der Waals surface area contributed by atoms with Gasteiger partial charge < -0.3 is 10.6 Å². The average molecular weight is 307 g/mol. The molecule has 2 N–H and O–H groups in total. The van der Waals surface area contributed by atoms with E-state index < -0.39 is 11.9 Å². The topological polar surface area (TPSA) is 75.8 Å². The molecule has 1 unspecified atom stereocenters. The Bertz CT molecular complexity index is 809. The first-order valence-corrected chi connectivity index (χ1v) is 7.34. The van der Waals surface area contributed by atoms with Crippen molar-refractivity contribution in [2.75, 3.05) is 11.9 Å². The van der Waals surface area contributed by atoms with Gasteiger partial charge in [-0.2, -0.15) is 0 Å². The second-order valence-corrected chi connectivity index (χ2v) is 5.51. The van der Waals surface area contributed by atoms with E-state index in [9.17, 15) is 9.59 Å². The summed E-state index contributed by atoms with van der Waals surface area (Å²) in [6.07, 6.45) is 0. The van der Waals surface area contributed by atoms with Crippen LogP contribution >= 0.6 is 0 Å². The van der Waals surface area contributed by atoms with E-state index in [2.05, 4.69) is 4.99 Å². The molecule has 1 heterocycles. The number of carbonyl (C=O) groups is 2. The monoisotopic (exact) mass is 307 g/mol. The Morgan fingerprint density at radius 2 is 1.78 bits per heavy atom. The highest BCUT2D eigenvalue weighted by Gasteiger charge is 2.26. The molecule has 0 bridgehead atoms. The normalized spacial score (nSPS) is 17.3. The average Bonchev–Trinajstić information content (AvgIpc) is 2.66. The first-order chi connectivity index (χ1) is 11.0. The number of para-hydroxylation sites is 1. The molecule has 1 atom stereocenters. The number of carbonyl (C=O) groups excluding carboxylic acids is 2. The Morgan fingerprint density at radius 1 is 1.13 bits per heavy atom. The van der Waals surface area contributed by atoms with E-state index in [0.717, 1.165) is 22.5 Å². The first kappa shape index (κ1) is 15.0. The minimum atomic E-state index is -0.474. The Morgan fingerprint density at radius 3 is 2.43 bits per heavy atom. The number of nitrogens with two attached hydrogens (primary N) is 1. The summed E-state index contributed by atoms with van der Waals surface area (Å²) in [5.74, 6) is -0.524. The SMILES string of the molecule is CC1N=C(c2ccc(C(N)=O)cc2)c2ccccc2N(C)C1=O. The lowest BCUT2D eigenvalue weighted by Gasteiger charge is -2.18. The van der Waals surface area contributed by atoms with Crippen molar-refractivity contribution in [3.8, 4) is 0 Å². The van der Waals surface area contributed by atoms with E-state index in [-0.39, 0.29) is 5.91 Å². The zero-order valence-electron chi connectivity index (χ0n) is 13.0. The number of hydrogen-bond acceptors (Lipinski definition) is 3. The lowest BCUT2D eigenvalue weighted by molar-refractivity contribution is -0.119. The second kappa shape index (κ2) is 5.68. The molecule has 1 aliphatic rings. The molecule has 0 spiro atoms. The molecular weight excluding hydrogens is 290 g/mol. The van der Waals surface area contributed by atoms with Gasteiger partial charge >= 0.3 is 0 Å². The predicted octanol–water partition coefficient (Wildman–Crippen LogP) is 1.99. The molecule has 0 radical (unpaired) electrons. The molecular formula is C18H17N3O2. The van der Waals surface area contributed by atoms with Crippen LogP contribution in [0.2, 0.25) is 0 Å². The molecule has 0 aromatic heterocycles. The van der Waals surface area contributed by atoms with Crippen LogP contribution in [0.1, 0.15) is 28.4 Å². The summed E-state index contributed by atoms with van der Waals surface area (Å²) < 4.78 is 0. The van der Waals surface area contributed by atoms with Gasteiger partial charge in [0.05, 0.1) is 11.4 Å². The third-order valence-electron chi connectivity index (χ3n) is 3.97. The number of nitrogens with zero attached hydrogens (tertiary/aromatic N) is 2. The maximum atomic E-state index is 12.4. The highest BCUT2D eigenvalue weighted by atomic mass is 16.2. The second-order valence-electron chi connectivity index (χ2n) is 5.51. The van der Waals surface area contributed by atoms with Crippen LogP contribution in [0.15, 0.2) is 53.5 Å². The van der Waals surface area contributed by atoms with Crippen molar-refractivity contribution < 1.29 is 9.59 Å². The minimum absolute atomic E-state index is 0.0544. The fraction of sp³-hybridized carbons (Fsp3) is 0.167. The molecule has 5 nitrogen and oxygen atoms in total. The molecule has 0 fully saturated rings. The highest BCUT2D eigenvalue weighted by molar-refractivity contribution is 6.20. The van der Waals surface area contributed by atoms with E-state index in [1.807, 2.05) is 24.3 Å². The summed E-state index contributed by atoms with van der Waals surface area (Å²) in [6, 6.07) is 14.1. The molecule has 0 saturated carbocycles. The Kier molecular flexibility index (Phi) is 3.70. The van der Waals surface area contributed by atoms with Gasteiger partial charge in [0.2, 0.25) is 5.91 Å². The summed E-state index contributed by atoms with van der Waals surface area (Å²) in [7, 11) is 1.76. The maximum Gasteiger partial charge on any atom is 0.251 e. The smallest absolute Gasteiger partial charge is 0.251 e. The van der Waals surface area contributed by atoms with Gasteiger partial charge in [-0.15, -0.1) is 0 Å². The van der Waals surface area contributed by atoms with Gasteiger partial charge in [0.15, 0.2) is 0 Å². The summed E-state index contributed by atoms with van der Waals surface area (Å²) in [5.41, 5.74) is 9.01. The summed E-state index contributed by atoms with van der Waals surface area (Å²) >= 11 is 0. The third kappa shape index (κ3) is 2.61. The Balaban J connectivity index is 2.16. The van der Waals surface area contributed by atoms with Crippen molar-refractivity contribution in [1.29, 1.82) is 0 Å². The number of rotatable bonds is 2. The summed E-state index contributed by atoms with van der Waals surface area (Å²) in [4.78, 5) is 29.8. The first-order valence-electron chi connectivity index (χ1n) is 7.34. The van der Waals surface area contributed by atoms with Crippen LogP contribution in [-0.2, 0) is 4.79 Å². The van der Waals surface area contributed by atoms with Gasteiger partial charge in [0.25, 0.3) is 5.91 Å². The molecule has 0 aliphatic carbocycles. The van der Waals surface area contributed by atoms with Gasteiger partial charge in [0.1, 0.15) is 6.04 Å². The van der Waals surface area contributed by atoms with Crippen LogP contribution in [0.4, 0.5) is 5.69 Å². The standard InChI is InChI=1S/C18H17N3O2/c1-11-18(23)21(2)15-6-4-3-5-14(15)16(20-11)12-7-9-13(10-8-12)17(19)22/h3-11H,1-2H3,(H2,19,22). The number of hydrogen-bond donors (Lipinski definition) is 1. The lowest BCUT2D eigenvalue weighted by atomic mass is 9.99. The van der Waals surface area contributed by atoms with E-state index in [0.29, 0.717) is 5.56 Å². The molecule has 116 valence electrons. The summed E-state index contributed by atoms with van der Waals surface area (Å²) in [5, 5.41) is 0. The fourth-order valence-electron chi connectivity index (χ4n) is 2.71. The van der Waals surface area contributed by atoms with Crippen LogP contribution in [0.25, 0.3) is 0 Å². The summed E-state index contributed by atoms with van der Waals surface area (Å²) in [6.45, 7) is 1.78. The number of amides is 2. The number of anilines is 1. The molecule has 2 amide bonds. The predicted molar refractivity (Wildman–Crippen MR) is 89.9 cm³/mol. The molecule has 23 heavy (non-hydrogen) atoms. The molecule has 2 aromatic carbocycles. The third-order valence-corrected chi connectivity index (χ3v) is 3.97. The van der Waals surface area contributed by atoms with Crippen molar-refractivity contribution in [2.24, 2.45) is 10.7 Å². The van der Waals surface area contributed by atoms with E-state index >= 15 is 0 Å². The van der Waals surface area contributed by atoms with E-state index in [4.69, 9.17) is 5.73 Å². The number of benzodiazepines with no additional fused rings is 1. The zero-order valence-corrected chi connectivity index (χ0v) is 13.0. The van der Waals surface area contributed by atoms with Gasteiger partial charge in [-0.25, -0.2) is 0 Å². The largest absolute Gasteiger partial charge is 0.366 e. The maximum absolute atomic E-state index is 12.4. The van der Waals surface area contributed by atoms with Gasteiger partial charge in [-0.1, -0.05) is 30.3 Å². The highest BCUT2D eigenvalue weighted by Crippen LogP contribution is 2.27. The van der Waals surface area contributed by atoms with Crippen molar-refractivity contribution >= 4 is 23.2 Å². The van der Waals surface area contributed by atoms with Gasteiger partial charge in [-0.05, 0) is 25.1 Å². The lowest BCUT2D eigenvalue weighted by Crippen LogP contribution is -2.32. The quantitative estimate of drug-likeness (QED) is 0.921. The minimum Gasteiger partial charge on any atom is -0.366 e. The van der Waals surface area contributed by atoms with Crippen LogP contribution < -0.4 is 10.6 Å².